The summed E-state index contributed by atoms with van der Waals surface area (Å²) in [5, 5.41) is 21.0. The number of allylic oxidation sites excluding steroid dienone is 4. The Bertz CT molecular complexity index is 1160. The standard InChI is InChI=1S/C30H41NO11/c1-4-39-27(36)42-30(24(34)18-40-25(35)8-6-5-7-15-41-31(37)38)14-12-22-21-10-9-19-16-20(32)11-13-28(19,2)26(21)23(33)17-29(22,30)3/h9,11,13,21-23,26,33H,4-8,10,12,14-18H2,1-3H3/t21-,22-,23-,26+,28-,29-,30-/m0/s1. The van der Waals surface area contributed by atoms with Crippen molar-refractivity contribution in [1.29, 1.82) is 0 Å². The summed E-state index contributed by atoms with van der Waals surface area (Å²) < 4.78 is 16.3. The van der Waals surface area contributed by atoms with Crippen LogP contribution in [0.15, 0.2) is 23.8 Å². The number of ether oxygens (including phenoxy) is 3. The number of unbranched alkanes of at least 4 members (excludes halogenated alkanes) is 2. The van der Waals surface area contributed by atoms with Gasteiger partial charge in [-0.15, -0.1) is 10.1 Å². The summed E-state index contributed by atoms with van der Waals surface area (Å²) in [4.78, 5) is 65.6. The van der Waals surface area contributed by atoms with Gasteiger partial charge in [-0.1, -0.05) is 38.0 Å². The number of ketones is 2. The Kier molecular flexibility index (Phi) is 9.44. The second-order valence-corrected chi connectivity index (χ2v) is 12.3. The van der Waals surface area contributed by atoms with Crippen LogP contribution in [0.5, 0.6) is 0 Å². The third-order valence-electron chi connectivity index (χ3n) is 10.1. The molecule has 12 nitrogen and oxygen atoms in total. The van der Waals surface area contributed by atoms with Crippen molar-refractivity contribution in [3.05, 3.63) is 33.9 Å². The van der Waals surface area contributed by atoms with Gasteiger partial charge in [0, 0.05) is 29.6 Å². The first kappa shape index (κ1) is 31.7. The Balaban J connectivity index is 1.50. The minimum atomic E-state index is -1.65. The predicted molar refractivity (Wildman–Crippen MR) is 146 cm³/mol. The summed E-state index contributed by atoms with van der Waals surface area (Å²) in [6, 6.07) is 0. The van der Waals surface area contributed by atoms with Crippen molar-refractivity contribution in [3.63, 3.8) is 0 Å². The molecule has 232 valence electrons. The second-order valence-electron chi connectivity index (χ2n) is 12.3. The Morgan fingerprint density at radius 2 is 1.93 bits per heavy atom. The topological polar surface area (TPSA) is 169 Å². The van der Waals surface area contributed by atoms with Gasteiger partial charge in [0.25, 0.3) is 5.09 Å². The third kappa shape index (κ3) is 5.82. The van der Waals surface area contributed by atoms with Crippen LogP contribution in [-0.2, 0) is 33.4 Å². The van der Waals surface area contributed by atoms with Crippen LogP contribution in [0.3, 0.4) is 0 Å². The van der Waals surface area contributed by atoms with Crippen molar-refractivity contribution in [2.75, 3.05) is 19.8 Å². The van der Waals surface area contributed by atoms with Crippen LogP contribution in [0.25, 0.3) is 0 Å². The maximum Gasteiger partial charge on any atom is 0.509 e. The Morgan fingerprint density at radius 1 is 1.17 bits per heavy atom. The summed E-state index contributed by atoms with van der Waals surface area (Å²) in [7, 11) is 0. The molecule has 0 aromatic carbocycles. The molecular formula is C30H41NO11. The molecule has 0 spiro atoms. The molecule has 0 amide bonds. The third-order valence-corrected chi connectivity index (χ3v) is 10.1. The maximum atomic E-state index is 13.9. The Labute approximate surface area is 244 Å². The smallest absolute Gasteiger partial charge is 0.457 e. The van der Waals surface area contributed by atoms with Crippen LogP contribution >= 0.6 is 0 Å². The van der Waals surface area contributed by atoms with Crippen LogP contribution in [0.2, 0.25) is 0 Å². The lowest BCUT2D eigenvalue weighted by Gasteiger charge is -2.59. The SMILES string of the molecule is CCOC(=O)O[C@]1(C(=O)COC(=O)CCCCCO[N+](=O)[O-])CC[C@H]2[C@@H]3CC=C4CC(=O)C=C[C@]4(C)[C@H]3[C@@H](O)C[C@@]21C. The quantitative estimate of drug-likeness (QED) is 0.114. The number of hydrogen-bond acceptors (Lipinski definition) is 11. The van der Waals surface area contributed by atoms with Gasteiger partial charge in [-0.2, -0.15) is 0 Å². The first-order valence-corrected chi connectivity index (χ1v) is 14.8. The first-order valence-electron chi connectivity index (χ1n) is 14.8. The number of Topliss-reactive ketones (excluding diaryl/α,β-unsaturated/α-hetero) is 1. The molecule has 4 aliphatic carbocycles. The number of carbonyl (C=O) groups excluding carboxylic acids is 4. The van der Waals surface area contributed by atoms with Crippen molar-refractivity contribution in [2.24, 2.45) is 28.6 Å². The highest BCUT2D eigenvalue weighted by atomic mass is 16.9. The fourth-order valence-corrected chi connectivity index (χ4v) is 8.22. The molecule has 0 unspecified atom stereocenters. The van der Waals surface area contributed by atoms with Gasteiger partial charge in [-0.3, -0.25) is 14.4 Å². The summed E-state index contributed by atoms with van der Waals surface area (Å²) in [6.45, 7) is 4.95. The van der Waals surface area contributed by atoms with Crippen molar-refractivity contribution < 1.29 is 48.4 Å². The van der Waals surface area contributed by atoms with Gasteiger partial charge in [-0.05, 0) is 63.4 Å². The zero-order valence-corrected chi connectivity index (χ0v) is 24.5. The van der Waals surface area contributed by atoms with E-state index < -0.39 is 52.1 Å². The summed E-state index contributed by atoms with van der Waals surface area (Å²) in [5.41, 5.74) is -2.07. The summed E-state index contributed by atoms with van der Waals surface area (Å²) >= 11 is 0. The molecule has 0 aromatic rings. The highest BCUT2D eigenvalue weighted by molar-refractivity contribution is 5.94. The van der Waals surface area contributed by atoms with Crippen molar-refractivity contribution in [3.8, 4) is 0 Å². The Morgan fingerprint density at radius 3 is 2.64 bits per heavy atom. The molecular weight excluding hydrogens is 550 g/mol. The van der Waals surface area contributed by atoms with Gasteiger partial charge in [0.15, 0.2) is 18.0 Å². The van der Waals surface area contributed by atoms with E-state index in [0.717, 1.165) is 5.57 Å². The Hall–Kier alpha value is -3.28. The first-order chi connectivity index (χ1) is 19.9. The molecule has 0 bridgehead atoms. The number of aliphatic hydroxyl groups is 1. The lowest BCUT2D eigenvalue weighted by molar-refractivity contribution is -0.757. The number of esters is 1. The average molecular weight is 592 g/mol. The van der Waals surface area contributed by atoms with Gasteiger partial charge in [-0.25, -0.2) is 4.79 Å². The van der Waals surface area contributed by atoms with Crippen LogP contribution < -0.4 is 0 Å². The predicted octanol–water partition coefficient (Wildman–Crippen LogP) is 4.06. The van der Waals surface area contributed by atoms with E-state index in [0.29, 0.717) is 38.5 Å². The molecule has 0 radical (unpaired) electrons. The van der Waals surface area contributed by atoms with E-state index in [9.17, 15) is 34.4 Å². The van der Waals surface area contributed by atoms with E-state index in [1.807, 2.05) is 13.0 Å². The molecule has 42 heavy (non-hydrogen) atoms. The molecule has 12 heteroatoms. The largest absolute Gasteiger partial charge is 0.509 e. The maximum absolute atomic E-state index is 13.9. The van der Waals surface area contributed by atoms with Gasteiger partial charge < -0.3 is 24.2 Å². The second kappa shape index (κ2) is 12.5. The van der Waals surface area contributed by atoms with Crippen molar-refractivity contribution >= 4 is 23.7 Å². The number of nitrogens with zero attached hydrogens (tertiary/aromatic N) is 1. The summed E-state index contributed by atoms with van der Waals surface area (Å²) in [6.07, 6.45) is 7.04. The van der Waals surface area contributed by atoms with Crippen LogP contribution in [0, 0.1) is 38.7 Å². The lowest BCUT2D eigenvalue weighted by atomic mass is 9.47. The summed E-state index contributed by atoms with van der Waals surface area (Å²) in [5.74, 6) is -1.39. The molecule has 4 aliphatic rings. The number of rotatable bonds is 12. The van der Waals surface area contributed by atoms with Crippen molar-refractivity contribution in [1.82, 2.24) is 0 Å². The zero-order valence-electron chi connectivity index (χ0n) is 24.5. The van der Waals surface area contributed by atoms with E-state index in [2.05, 4.69) is 17.8 Å². The lowest BCUT2D eigenvalue weighted by Crippen LogP contribution is -2.63. The van der Waals surface area contributed by atoms with E-state index in [1.165, 1.54) is 0 Å². The molecule has 7 atom stereocenters. The van der Waals surface area contributed by atoms with E-state index in [4.69, 9.17) is 14.2 Å². The number of hydrogen-bond donors (Lipinski definition) is 1. The monoisotopic (exact) mass is 591 g/mol. The molecule has 0 aliphatic heterocycles. The zero-order chi connectivity index (χ0) is 30.7. The van der Waals surface area contributed by atoms with E-state index in [-0.39, 0.29) is 56.0 Å². The van der Waals surface area contributed by atoms with Gasteiger partial charge in [0.2, 0.25) is 5.78 Å². The van der Waals surface area contributed by atoms with E-state index >= 15 is 0 Å². The fraction of sp³-hybridized carbons (Fsp3) is 0.733. The molecule has 1 N–H and O–H groups in total. The van der Waals surface area contributed by atoms with Crippen LogP contribution in [-0.4, -0.2) is 65.4 Å². The molecule has 0 heterocycles. The molecule has 0 aromatic heterocycles. The van der Waals surface area contributed by atoms with Gasteiger partial charge >= 0.3 is 12.1 Å². The normalized spacial score (nSPS) is 34.8. The molecule has 0 saturated heterocycles. The average Bonchev–Trinajstić information content (AvgIpc) is 3.21. The highest BCUT2D eigenvalue weighted by Gasteiger charge is 2.70. The molecule has 4 rings (SSSR count). The van der Waals surface area contributed by atoms with E-state index in [1.54, 1.807) is 13.0 Å². The van der Waals surface area contributed by atoms with Crippen LogP contribution in [0.4, 0.5) is 4.79 Å². The number of fused-ring (bicyclic) bond motifs is 5. The molecule has 2 fully saturated rings. The fourth-order valence-electron chi connectivity index (χ4n) is 8.22. The minimum Gasteiger partial charge on any atom is -0.457 e. The van der Waals surface area contributed by atoms with Crippen LogP contribution in [0.1, 0.15) is 78.6 Å². The highest BCUT2D eigenvalue weighted by Crippen LogP contribution is 2.67. The van der Waals surface area contributed by atoms with Crippen molar-refractivity contribution in [2.45, 2.75) is 90.3 Å². The van der Waals surface area contributed by atoms with Gasteiger partial charge in [0.05, 0.1) is 19.3 Å². The number of aliphatic hydroxyl groups excluding tert-OH is 1. The molecule has 2 saturated carbocycles. The number of carbonyl (C=O) groups is 4. The minimum absolute atomic E-state index is 0.0170. The van der Waals surface area contributed by atoms with Gasteiger partial charge in [0.1, 0.15) is 0 Å².